The topological polar surface area (TPSA) is 129 Å². The molecule has 2 saturated heterocycles. The Morgan fingerprint density at radius 2 is 1.82 bits per heavy atom. The predicted molar refractivity (Wildman–Crippen MR) is 71.1 cm³/mol. The molecule has 8 heteroatoms. The molecule has 1 aromatic carbocycles. The zero-order valence-corrected chi connectivity index (χ0v) is 11.6. The number of aliphatic hydroxyl groups is 3. The van der Waals surface area contributed by atoms with Crippen molar-refractivity contribution in [1.82, 2.24) is 0 Å². The number of hydrogen-bond acceptors (Lipinski definition) is 8. The van der Waals surface area contributed by atoms with E-state index in [1.165, 1.54) is 12.1 Å². The molecule has 2 aliphatic rings. The number of aliphatic hydroxyl groups excluding tert-OH is 3. The predicted octanol–water partition coefficient (Wildman–Crippen LogP) is -1.01. The largest absolute Gasteiger partial charge is 0.504 e. The zero-order chi connectivity index (χ0) is 15.9. The SMILES string of the molecule is OC[C@H]1O[C@@H]2OC[C@@H](c3ccc(O)c(O)c3)O[C@@H]2[C@@H](O)[C@H]1O. The molecule has 0 saturated carbocycles. The summed E-state index contributed by atoms with van der Waals surface area (Å²) in [5, 5.41) is 47.9. The van der Waals surface area contributed by atoms with Crippen LogP contribution in [0.25, 0.3) is 0 Å². The van der Waals surface area contributed by atoms with Gasteiger partial charge in [0.05, 0.1) is 13.2 Å². The van der Waals surface area contributed by atoms with Gasteiger partial charge in [-0.2, -0.15) is 0 Å². The van der Waals surface area contributed by atoms with Crippen LogP contribution in [0.4, 0.5) is 0 Å². The summed E-state index contributed by atoms with van der Waals surface area (Å²) in [6, 6.07) is 4.23. The molecule has 122 valence electrons. The molecular weight excluding hydrogens is 296 g/mol. The van der Waals surface area contributed by atoms with Gasteiger partial charge in [0.25, 0.3) is 0 Å². The second-order valence-corrected chi connectivity index (χ2v) is 5.38. The second-order valence-electron chi connectivity index (χ2n) is 5.38. The minimum absolute atomic E-state index is 0.104. The average Bonchev–Trinajstić information content (AvgIpc) is 2.53. The Morgan fingerprint density at radius 1 is 1.05 bits per heavy atom. The van der Waals surface area contributed by atoms with E-state index in [1.54, 1.807) is 6.07 Å². The van der Waals surface area contributed by atoms with Gasteiger partial charge in [-0.15, -0.1) is 0 Å². The summed E-state index contributed by atoms with van der Waals surface area (Å²) in [4.78, 5) is 0. The maximum Gasteiger partial charge on any atom is 0.187 e. The first-order chi connectivity index (χ1) is 10.5. The third-order valence-electron chi connectivity index (χ3n) is 3.93. The van der Waals surface area contributed by atoms with Gasteiger partial charge < -0.3 is 39.7 Å². The van der Waals surface area contributed by atoms with Crippen LogP contribution in [0.3, 0.4) is 0 Å². The van der Waals surface area contributed by atoms with Crippen LogP contribution in [0.2, 0.25) is 0 Å². The van der Waals surface area contributed by atoms with Crippen molar-refractivity contribution in [3.8, 4) is 11.5 Å². The van der Waals surface area contributed by atoms with Crippen LogP contribution in [0.15, 0.2) is 18.2 Å². The Kier molecular flexibility index (Phi) is 4.22. The Hall–Kier alpha value is -1.42. The van der Waals surface area contributed by atoms with Crippen LogP contribution in [0.5, 0.6) is 11.5 Å². The van der Waals surface area contributed by atoms with Gasteiger partial charge in [0.1, 0.15) is 30.5 Å². The summed E-state index contributed by atoms with van der Waals surface area (Å²) in [5.74, 6) is -0.537. The molecule has 2 heterocycles. The van der Waals surface area contributed by atoms with Crippen molar-refractivity contribution in [2.75, 3.05) is 13.2 Å². The minimum atomic E-state index is -1.29. The van der Waals surface area contributed by atoms with Crippen molar-refractivity contribution in [1.29, 1.82) is 0 Å². The molecule has 0 radical (unpaired) electrons. The van der Waals surface area contributed by atoms with Gasteiger partial charge in [0, 0.05) is 0 Å². The van der Waals surface area contributed by atoms with Crippen LogP contribution in [-0.4, -0.2) is 69.5 Å². The molecule has 2 aliphatic heterocycles. The van der Waals surface area contributed by atoms with E-state index in [4.69, 9.17) is 19.3 Å². The highest BCUT2D eigenvalue weighted by atomic mass is 16.7. The first-order valence-corrected chi connectivity index (χ1v) is 6.92. The van der Waals surface area contributed by atoms with Crippen LogP contribution < -0.4 is 0 Å². The fraction of sp³-hybridized carbons (Fsp3) is 0.571. The lowest BCUT2D eigenvalue weighted by molar-refractivity contribution is -0.350. The van der Waals surface area contributed by atoms with Crippen molar-refractivity contribution >= 4 is 0 Å². The van der Waals surface area contributed by atoms with E-state index in [9.17, 15) is 20.4 Å². The zero-order valence-electron chi connectivity index (χ0n) is 11.6. The molecule has 2 fully saturated rings. The lowest BCUT2D eigenvalue weighted by atomic mass is 9.97. The van der Waals surface area contributed by atoms with Gasteiger partial charge in [-0.1, -0.05) is 6.07 Å². The normalized spacial score (nSPS) is 38.5. The molecule has 1 aromatic rings. The molecule has 5 N–H and O–H groups in total. The lowest BCUT2D eigenvalue weighted by Crippen LogP contribution is -2.62. The minimum Gasteiger partial charge on any atom is -0.504 e. The number of hydrogen-bond donors (Lipinski definition) is 5. The standard InChI is InChI=1S/C14H18O8/c15-4-9-11(18)12(19)13-14(22-9)20-5-10(21-13)6-1-2-7(16)8(17)3-6/h1-3,9-19H,4-5H2/t9-,10+,11+,12+,13-,14+/m1/s1. The highest BCUT2D eigenvalue weighted by Crippen LogP contribution is 2.36. The Balaban J connectivity index is 1.76. The molecule has 0 aliphatic carbocycles. The van der Waals surface area contributed by atoms with E-state index in [1.807, 2.05) is 0 Å². The highest BCUT2D eigenvalue weighted by Gasteiger charge is 2.48. The molecule has 0 bridgehead atoms. The van der Waals surface area contributed by atoms with Gasteiger partial charge in [-0.05, 0) is 17.7 Å². The molecule has 8 nitrogen and oxygen atoms in total. The van der Waals surface area contributed by atoms with Gasteiger partial charge in [-0.25, -0.2) is 0 Å². The quantitative estimate of drug-likeness (QED) is 0.439. The van der Waals surface area contributed by atoms with E-state index in [2.05, 4.69) is 0 Å². The van der Waals surface area contributed by atoms with Crippen LogP contribution in [0, 0.1) is 0 Å². The molecule has 3 rings (SSSR count). The number of aromatic hydroxyl groups is 2. The van der Waals surface area contributed by atoms with E-state index in [0.717, 1.165) is 0 Å². The molecular formula is C14H18O8. The summed E-state index contributed by atoms with van der Waals surface area (Å²) >= 11 is 0. The monoisotopic (exact) mass is 314 g/mol. The average molecular weight is 314 g/mol. The molecule has 0 spiro atoms. The van der Waals surface area contributed by atoms with E-state index in [-0.39, 0.29) is 18.1 Å². The maximum atomic E-state index is 10.1. The van der Waals surface area contributed by atoms with E-state index in [0.29, 0.717) is 5.56 Å². The van der Waals surface area contributed by atoms with Crippen molar-refractivity contribution in [3.05, 3.63) is 23.8 Å². The van der Waals surface area contributed by atoms with Crippen molar-refractivity contribution in [3.63, 3.8) is 0 Å². The third kappa shape index (κ3) is 2.65. The van der Waals surface area contributed by atoms with Crippen LogP contribution >= 0.6 is 0 Å². The lowest BCUT2D eigenvalue weighted by Gasteiger charge is -2.46. The molecule has 0 amide bonds. The smallest absolute Gasteiger partial charge is 0.187 e. The number of ether oxygens (including phenoxy) is 3. The summed E-state index contributed by atoms with van der Waals surface area (Å²) in [5.41, 5.74) is 0.555. The van der Waals surface area contributed by atoms with Gasteiger partial charge in [-0.3, -0.25) is 0 Å². The number of phenolic OH excluding ortho intramolecular Hbond substituents is 2. The van der Waals surface area contributed by atoms with Crippen molar-refractivity contribution < 1.29 is 39.7 Å². The molecule has 0 aromatic heterocycles. The molecule has 22 heavy (non-hydrogen) atoms. The maximum absolute atomic E-state index is 10.1. The summed E-state index contributed by atoms with van der Waals surface area (Å²) in [6.07, 6.45) is -5.91. The van der Waals surface area contributed by atoms with Gasteiger partial charge in [0.2, 0.25) is 0 Å². The van der Waals surface area contributed by atoms with E-state index >= 15 is 0 Å². The number of fused-ring (bicyclic) bond motifs is 1. The summed E-state index contributed by atoms with van der Waals surface area (Å²) in [7, 11) is 0. The number of rotatable bonds is 2. The van der Waals surface area contributed by atoms with Crippen molar-refractivity contribution in [2.24, 2.45) is 0 Å². The fourth-order valence-electron chi connectivity index (χ4n) is 2.66. The number of benzene rings is 1. The molecule has 6 atom stereocenters. The Labute approximate surface area is 126 Å². The second kappa shape index (κ2) is 5.99. The van der Waals surface area contributed by atoms with E-state index < -0.39 is 43.4 Å². The summed E-state index contributed by atoms with van der Waals surface area (Å²) in [6.45, 7) is -0.341. The fourth-order valence-corrected chi connectivity index (χ4v) is 2.66. The number of phenols is 2. The Morgan fingerprint density at radius 3 is 2.50 bits per heavy atom. The molecule has 0 unspecified atom stereocenters. The van der Waals surface area contributed by atoms with Crippen LogP contribution in [-0.2, 0) is 14.2 Å². The van der Waals surface area contributed by atoms with Gasteiger partial charge >= 0.3 is 0 Å². The Bertz CT molecular complexity index is 534. The summed E-state index contributed by atoms with van der Waals surface area (Å²) < 4.78 is 16.6. The highest BCUT2D eigenvalue weighted by molar-refractivity contribution is 5.41. The third-order valence-corrected chi connectivity index (χ3v) is 3.93. The first kappa shape index (κ1) is 15.5. The van der Waals surface area contributed by atoms with Crippen molar-refractivity contribution in [2.45, 2.75) is 36.8 Å². The van der Waals surface area contributed by atoms with Crippen LogP contribution in [0.1, 0.15) is 11.7 Å². The first-order valence-electron chi connectivity index (χ1n) is 6.92. The van der Waals surface area contributed by atoms with Gasteiger partial charge in [0.15, 0.2) is 17.8 Å².